The number of benzene rings is 3. The van der Waals surface area contributed by atoms with Gasteiger partial charge in [-0.25, -0.2) is 0 Å². The van der Waals surface area contributed by atoms with Gasteiger partial charge in [-0.1, -0.05) is 12.1 Å². The van der Waals surface area contributed by atoms with Crippen molar-refractivity contribution in [3.05, 3.63) is 91.4 Å². The summed E-state index contributed by atoms with van der Waals surface area (Å²) in [5, 5.41) is 18.9. The number of non-ortho nitro benzene ring substituents is 1. The minimum absolute atomic E-state index is 0.0982. The fourth-order valence-electron chi connectivity index (χ4n) is 3.74. The molecule has 0 bridgehead atoms. The van der Waals surface area contributed by atoms with Crippen LogP contribution in [0.25, 0.3) is 0 Å². The Kier molecular flexibility index (Phi) is 8.47. The summed E-state index contributed by atoms with van der Waals surface area (Å²) in [5.74, 6) is -0.386. The van der Waals surface area contributed by atoms with Crippen LogP contribution in [0.15, 0.2) is 59.1 Å². The van der Waals surface area contributed by atoms with Crippen molar-refractivity contribution in [2.45, 2.75) is 13.3 Å². The standard InChI is InChI=1S/C19H21N3O2.C7H4BrN3O2/c1-13-12-14(8-9-17(13)20)21(2)10-5-11-22-18(23)15-6-3-4-7-16(15)19(22)24;8-6-2-5(11(12)13)1-4(3-9)7(6)10/h3-4,6-9,12H,5,10-11,20H2,1-2H3;1-2H,10H2. The van der Waals surface area contributed by atoms with Crippen LogP contribution >= 0.6 is 15.9 Å². The van der Waals surface area contributed by atoms with E-state index in [-0.39, 0.29) is 28.8 Å². The predicted molar refractivity (Wildman–Crippen MR) is 145 cm³/mol. The van der Waals surface area contributed by atoms with Gasteiger partial charge in [-0.3, -0.25) is 24.6 Å². The number of hydrogen-bond acceptors (Lipinski definition) is 8. The van der Waals surface area contributed by atoms with E-state index in [1.54, 1.807) is 30.3 Å². The molecule has 10 nitrogen and oxygen atoms in total. The third kappa shape index (κ3) is 6.05. The highest BCUT2D eigenvalue weighted by Crippen LogP contribution is 2.28. The Morgan fingerprint density at radius 3 is 2.24 bits per heavy atom. The number of aryl methyl sites for hydroxylation is 1. The molecule has 1 heterocycles. The molecular weight excluding hydrogens is 540 g/mol. The average Bonchev–Trinajstić information content (AvgIpc) is 3.12. The summed E-state index contributed by atoms with van der Waals surface area (Å²) in [6.45, 7) is 3.15. The Hall–Kier alpha value is -4.43. The first-order chi connectivity index (χ1) is 17.5. The molecule has 4 N–H and O–H groups in total. The monoisotopic (exact) mass is 564 g/mol. The highest BCUT2D eigenvalue weighted by Gasteiger charge is 2.34. The zero-order chi connectivity index (χ0) is 27.3. The summed E-state index contributed by atoms with van der Waals surface area (Å²) in [6, 6.07) is 17.1. The van der Waals surface area contributed by atoms with Crippen molar-refractivity contribution in [2.75, 3.05) is 36.5 Å². The lowest BCUT2D eigenvalue weighted by molar-refractivity contribution is -0.384. The fraction of sp³-hybridized carbons (Fsp3) is 0.192. The molecule has 1 aliphatic heterocycles. The van der Waals surface area contributed by atoms with Gasteiger partial charge in [0.15, 0.2) is 0 Å². The number of hydrogen-bond donors (Lipinski definition) is 2. The Bertz CT molecular complexity index is 1380. The Balaban J connectivity index is 0.000000248. The van der Waals surface area contributed by atoms with Gasteiger partial charge in [0.2, 0.25) is 0 Å². The van der Waals surface area contributed by atoms with E-state index >= 15 is 0 Å². The number of imide groups is 1. The van der Waals surface area contributed by atoms with E-state index in [0.717, 1.165) is 29.5 Å². The minimum Gasteiger partial charge on any atom is -0.399 e. The maximum Gasteiger partial charge on any atom is 0.272 e. The van der Waals surface area contributed by atoms with E-state index in [9.17, 15) is 19.7 Å². The van der Waals surface area contributed by atoms with Crippen molar-refractivity contribution in [1.29, 1.82) is 5.26 Å². The number of carbonyl (C=O) groups excluding carboxylic acids is 2. The molecule has 4 rings (SSSR count). The van der Waals surface area contributed by atoms with Gasteiger partial charge in [0.25, 0.3) is 17.5 Å². The van der Waals surface area contributed by atoms with Crippen LogP contribution in [-0.4, -0.2) is 41.8 Å². The number of nitrogens with zero attached hydrogens (tertiary/aromatic N) is 4. The highest BCUT2D eigenvalue weighted by molar-refractivity contribution is 9.10. The number of halogens is 1. The first-order valence-electron chi connectivity index (χ1n) is 11.2. The number of rotatable bonds is 6. The lowest BCUT2D eigenvalue weighted by atomic mass is 10.1. The summed E-state index contributed by atoms with van der Waals surface area (Å²) in [6.07, 6.45) is 0.714. The Morgan fingerprint density at radius 1 is 1.08 bits per heavy atom. The molecule has 0 unspecified atom stereocenters. The number of nitro groups is 1. The molecule has 3 aromatic rings. The fourth-order valence-corrected chi connectivity index (χ4v) is 4.18. The molecule has 11 heteroatoms. The van der Waals surface area contributed by atoms with Gasteiger partial charge in [0.05, 0.1) is 27.3 Å². The zero-order valence-corrected chi connectivity index (χ0v) is 21.9. The van der Waals surface area contributed by atoms with Gasteiger partial charge < -0.3 is 16.4 Å². The normalized spacial score (nSPS) is 11.9. The predicted octanol–water partition coefficient (Wildman–Crippen LogP) is 4.51. The van der Waals surface area contributed by atoms with E-state index in [2.05, 4.69) is 20.8 Å². The van der Waals surface area contributed by atoms with Crippen LogP contribution in [0, 0.1) is 28.4 Å². The van der Waals surface area contributed by atoms with Gasteiger partial charge in [0, 0.05) is 48.1 Å². The topological polar surface area (TPSA) is 160 Å². The van der Waals surface area contributed by atoms with Crippen LogP contribution in [0.1, 0.15) is 38.3 Å². The van der Waals surface area contributed by atoms with Gasteiger partial charge >= 0.3 is 0 Å². The van der Waals surface area contributed by atoms with Crippen molar-refractivity contribution < 1.29 is 14.5 Å². The number of fused-ring (bicyclic) bond motifs is 1. The van der Waals surface area contributed by atoms with E-state index in [0.29, 0.717) is 28.6 Å². The molecule has 0 fully saturated rings. The molecule has 0 atom stereocenters. The van der Waals surface area contributed by atoms with Crippen LogP contribution in [0.3, 0.4) is 0 Å². The second-order valence-corrected chi connectivity index (χ2v) is 9.24. The SMILES string of the molecule is Cc1cc(N(C)CCCN2C(=O)c3ccccc3C2=O)ccc1N.N#Cc1cc([N+](=O)[O-])cc(Br)c1N. The number of nitro benzene ring substituents is 1. The maximum absolute atomic E-state index is 12.3. The minimum atomic E-state index is -0.578. The van der Waals surface area contributed by atoms with Crippen LogP contribution in [0.2, 0.25) is 0 Å². The van der Waals surface area contributed by atoms with Crippen molar-refractivity contribution in [2.24, 2.45) is 0 Å². The zero-order valence-electron chi connectivity index (χ0n) is 20.3. The van der Waals surface area contributed by atoms with Gasteiger partial charge in [-0.15, -0.1) is 0 Å². The smallest absolute Gasteiger partial charge is 0.272 e. The summed E-state index contributed by atoms with van der Waals surface area (Å²) in [7, 11) is 1.99. The Morgan fingerprint density at radius 2 is 1.70 bits per heavy atom. The molecule has 0 aliphatic carbocycles. The van der Waals surface area contributed by atoms with Crippen LogP contribution in [0.4, 0.5) is 22.7 Å². The third-order valence-corrected chi connectivity index (χ3v) is 6.55. The molecule has 0 saturated heterocycles. The molecular formula is C26H25BrN6O4. The van der Waals surface area contributed by atoms with Crippen molar-refractivity contribution in [1.82, 2.24) is 4.90 Å². The lowest BCUT2D eigenvalue weighted by Crippen LogP contribution is -2.32. The average molecular weight is 565 g/mol. The molecule has 190 valence electrons. The van der Waals surface area contributed by atoms with Crippen molar-refractivity contribution in [3.63, 3.8) is 0 Å². The highest BCUT2D eigenvalue weighted by atomic mass is 79.9. The molecule has 1 aliphatic rings. The van der Waals surface area contributed by atoms with Crippen LogP contribution < -0.4 is 16.4 Å². The first kappa shape index (κ1) is 27.2. The van der Waals surface area contributed by atoms with Gasteiger partial charge in [-0.05, 0) is 65.2 Å². The number of carbonyl (C=O) groups is 2. The summed E-state index contributed by atoms with van der Waals surface area (Å²) in [4.78, 5) is 37.9. The molecule has 0 radical (unpaired) electrons. The number of nitriles is 1. The molecule has 37 heavy (non-hydrogen) atoms. The van der Waals surface area contributed by atoms with Gasteiger partial charge in [0.1, 0.15) is 6.07 Å². The van der Waals surface area contributed by atoms with Crippen LogP contribution in [-0.2, 0) is 0 Å². The van der Waals surface area contributed by atoms with E-state index in [1.807, 2.05) is 32.2 Å². The number of anilines is 3. The molecule has 2 amide bonds. The van der Waals surface area contributed by atoms with Crippen molar-refractivity contribution >= 4 is 50.5 Å². The third-order valence-electron chi connectivity index (χ3n) is 5.89. The lowest BCUT2D eigenvalue weighted by Gasteiger charge is -2.22. The largest absolute Gasteiger partial charge is 0.399 e. The maximum atomic E-state index is 12.3. The van der Waals surface area contributed by atoms with Gasteiger partial charge in [-0.2, -0.15) is 5.26 Å². The van der Waals surface area contributed by atoms with E-state index in [1.165, 1.54) is 11.0 Å². The quantitative estimate of drug-likeness (QED) is 0.191. The number of nitrogen functional groups attached to an aromatic ring is 2. The second-order valence-electron chi connectivity index (χ2n) is 8.38. The number of nitrogens with two attached hydrogens (primary N) is 2. The van der Waals surface area contributed by atoms with Crippen molar-refractivity contribution in [3.8, 4) is 6.07 Å². The second kappa shape index (κ2) is 11.5. The molecule has 0 saturated carbocycles. The molecule has 0 aromatic heterocycles. The first-order valence-corrected chi connectivity index (χ1v) is 12.0. The summed E-state index contributed by atoms with van der Waals surface area (Å²) >= 11 is 3.03. The number of amides is 2. The summed E-state index contributed by atoms with van der Waals surface area (Å²) in [5.41, 5.74) is 15.4. The molecule has 0 spiro atoms. The Labute approximate surface area is 222 Å². The molecule has 3 aromatic carbocycles. The van der Waals surface area contributed by atoms with E-state index in [4.69, 9.17) is 16.7 Å². The van der Waals surface area contributed by atoms with Crippen LogP contribution in [0.5, 0.6) is 0 Å². The van der Waals surface area contributed by atoms with E-state index < -0.39 is 4.92 Å². The summed E-state index contributed by atoms with van der Waals surface area (Å²) < 4.78 is 0.359.